The van der Waals surface area contributed by atoms with Crippen LogP contribution in [0.3, 0.4) is 0 Å². The predicted molar refractivity (Wildman–Crippen MR) is 125 cm³/mol. The van der Waals surface area contributed by atoms with E-state index in [0.29, 0.717) is 24.3 Å². The average Bonchev–Trinajstić information content (AvgIpc) is 3.30. The summed E-state index contributed by atoms with van der Waals surface area (Å²) < 4.78 is 0. The standard InChI is InChI=1S/C22H21N7O2S/c23-20(30)17(8-6-15-4-2-10-32-15)28-18-12-26-19(21(24)31)22(29-18)27-14-5-7-16-13(11-14)3-1-9-25-16/h1-5,7,9-12,17H,6,8H2,(H2,23,30)(H2,24,31)(H2,27,28,29)/t17-/m1/s1. The number of thiophene rings is 1. The second-order valence-electron chi connectivity index (χ2n) is 7.07. The molecule has 9 nitrogen and oxygen atoms in total. The second kappa shape index (κ2) is 9.40. The van der Waals surface area contributed by atoms with Gasteiger partial charge in [-0.2, -0.15) is 0 Å². The van der Waals surface area contributed by atoms with Crippen LogP contribution in [0.1, 0.15) is 21.8 Å². The van der Waals surface area contributed by atoms with E-state index >= 15 is 0 Å². The number of benzene rings is 1. The Balaban J connectivity index is 1.57. The number of hydrogen-bond donors (Lipinski definition) is 4. The minimum Gasteiger partial charge on any atom is -0.368 e. The molecule has 3 heterocycles. The van der Waals surface area contributed by atoms with Gasteiger partial charge in [0.05, 0.1) is 11.7 Å². The predicted octanol–water partition coefficient (Wildman–Crippen LogP) is 2.83. The topological polar surface area (TPSA) is 149 Å². The van der Waals surface area contributed by atoms with Gasteiger partial charge < -0.3 is 22.1 Å². The van der Waals surface area contributed by atoms with E-state index < -0.39 is 17.9 Å². The fourth-order valence-electron chi connectivity index (χ4n) is 3.22. The van der Waals surface area contributed by atoms with E-state index in [9.17, 15) is 9.59 Å². The highest BCUT2D eigenvalue weighted by Crippen LogP contribution is 2.23. The number of anilines is 3. The number of primary amides is 2. The first-order valence-electron chi connectivity index (χ1n) is 9.86. The molecule has 0 aliphatic rings. The molecule has 0 spiro atoms. The van der Waals surface area contributed by atoms with Gasteiger partial charge in [-0.3, -0.25) is 14.6 Å². The minimum absolute atomic E-state index is 0.0176. The Labute approximate surface area is 187 Å². The van der Waals surface area contributed by atoms with E-state index in [1.807, 2.05) is 47.8 Å². The minimum atomic E-state index is -0.724. The fourth-order valence-corrected chi connectivity index (χ4v) is 3.95. The number of fused-ring (bicyclic) bond motifs is 1. The third-order valence-electron chi connectivity index (χ3n) is 4.80. The van der Waals surface area contributed by atoms with Crippen LogP contribution in [-0.2, 0) is 11.2 Å². The molecule has 0 saturated heterocycles. The Hall–Kier alpha value is -4.05. The fraction of sp³-hybridized carbons (Fsp3) is 0.136. The monoisotopic (exact) mass is 447 g/mol. The van der Waals surface area contributed by atoms with Gasteiger partial charge in [-0.25, -0.2) is 9.97 Å². The molecule has 0 aliphatic carbocycles. The Morgan fingerprint density at radius 3 is 2.72 bits per heavy atom. The first-order valence-corrected chi connectivity index (χ1v) is 10.7. The van der Waals surface area contributed by atoms with Gasteiger partial charge >= 0.3 is 0 Å². The lowest BCUT2D eigenvalue weighted by Gasteiger charge is -2.17. The summed E-state index contributed by atoms with van der Waals surface area (Å²) in [4.78, 5) is 37.8. The van der Waals surface area contributed by atoms with Crippen molar-refractivity contribution in [3.8, 4) is 0 Å². The Kier molecular flexibility index (Phi) is 6.22. The van der Waals surface area contributed by atoms with Crippen LogP contribution in [0, 0.1) is 0 Å². The third-order valence-corrected chi connectivity index (χ3v) is 5.73. The largest absolute Gasteiger partial charge is 0.368 e. The Morgan fingerprint density at radius 2 is 1.97 bits per heavy atom. The molecule has 1 aromatic carbocycles. The number of hydrogen-bond acceptors (Lipinski definition) is 8. The van der Waals surface area contributed by atoms with E-state index in [1.165, 1.54) is 6.20 Å². The van der Waals surface area contributed by atoms with Crippen molar-refractivity contribution in [3.05, 3.63) is 70.8 Å². The smallest absolute Gasteiger partial charge is 0.271 e. The van der Waals surface area contributed by atoms with Crippen LogP contribution in [-0.4, -0.2) is 32.8 Å². The molecule has 0 fully saturated rings. The van der Waals surface area contributed by atoms with E-state index in [4.69, 9.17) is 11.5 Å². The highest BCUT2D eigenvalue weighted by atomic mass is 32.1. The van der Waals surface area contributed by atoms with Gasteiger partial charge in [0.15, 0.2) is 11.5 Å². The quantitative estimate of drug-likeness (QED) is 0.308. The average molecular weight is 448 g/mol. The number of aromatic nitrogens is 3. The first-order chi connectivity index (χ1) is 15.5. The third kappa shape index (κ3) is 4.98. The molecule has 0 bridgehead atoms. The molecule has 0 saturated carbocycles. The van der Waals surface area contributed by atoms with Crippen molar-refractivity contribution in [2.24, 2.45) is 11.5 Å². The summed E-state index contributed by atoms with van der Waals surface area (Å²) in [5.41, 5.74) is 12.6. The molecule has 1 atom stereocenters. The van der Waals surface area contributed by atoms with Crippen LogP contribution in [0.5, 0.6) is 0 Å². The molecule has 3 aromatic heterocycles. The molecule has 4 aromatic rings. The van der Waals surface area contributed by atoms with E-state index in [1.54, 1.807) is 17.5 Å². The molecule has 0 unspecified atom stereocenters. The SMILES string of the molecule is NC(=O)c1ncc(N[C@H](CCc2cccs2)C(N)=O)nc1Nc1ccc2ncccc2c1. The second-order valence-corrected chi connectivity index (χ2v) is 8.10. The zero-order valence-electron chi connectivity index (χ0n) is 17.0. The van der Waals surface area contributed by atoms with Crippen molar-refractivity contribution in [2.75, 3.05) is 10.6 Å². The molecule has 162 valence electrons. The number of carbonyl (C=O) groups excluding carboxylic acids is 2. The number of carbonyl (C=O) groups is 2. The van der Waals surface area contributed by atoms with E-state index in [-0.39, 0.29) is 11.5 Å². The molecule has 2 amide bonds. The number of amides is 2. The Bertz CT molecular complexity index is 1260. The molecular weight excluding hydrogens is 426 g/mol. The van der Waals surface area contributed by atoms with Crippen molar-refractivity contribution in [3.63, 3.8) is 0 Å². The van der Waals surface area contributed by atoms with Crippen molar-refractivity contribution in [2.45, 2.75) is 18.9 Å². The van der Waals surface area contributed by atoms with Crippen molar-refractivity contribution in [1.82, 2.24) is 15.0 Å². The molecule has 0 radical (unpaired) electrons. The molecular formula is C22H21N7O2S. The zero-order valence-corrected chi connectivity index (χ0v) is 17.8. The van der Waals surface area contributed by atoms with Gasteiger partial charge in [0.25, 0.3) is 5.91 Å². The van der Waals surface area contributed by atoms with Gasteiger partial charge in [0.2, 0.25) is 5.91 Å². The lowest BCUT2D eigenvalue weighted by molar-refractivity contribution is -0.118. The number of rotatable bonds is 9. The normalized spacial score (nSPS) is 11.8. The number of nitrogens with one attached hydrogen (secondary N) is 2. The van der Waals surface area contributed by atoms with E-state index in [0.717, 1.165) is 15.8 Å². The molecule has 10 heteroatoms. The number of nitrogens with zero attached hydrogens (tertiary/aromatic N) is 3. The Morgan fingerprint density at radius 1 is 1.09 bits per heavy atom. The molecule has 4 rings (SSSR count). The highest BCUT2D eigenvalue weighted by Gasteiger charge is 2.19. The summed E-state index contributed by atoms with van der Waals surface area (Å²) in [7, 11) is 0. The van der Waals surface area contributed by atoms with Gasteiger partial charge in [-0.1, -0.05) is 12.1 Å². The molecule has 0 aliphatic heterocycles. The molecule has 6 N–H and O–H groups in total. The van der Waals surface area contributed by atoms with Crippen molar-refractivity contribution in [1.29, 1.82) is 0 Å². The summed E-state index contributed by atoms with van der Waals surface area (Å²) in [5.74, 6) is -0.751. The van der Waals surface area contributed by atoms with Crippen LogP contribution >= 0.6 is 11.3 Å². The first kappa shape index (κ1) is 21.2. The van der Waals surface area contributed by atoms with Crippen LogP contribution < -0.4 is 22.1 Å². The molecule has 32 heavy (non-hydrogen) atoms. The maximum Gasteiger partial charge on any atom is 0.271 e. The maximum absolute atomic E-state index is 12.0. The summed E-state index contributed by atoms with van der Waals surface area (Å²) in [6.07, 6.45) is 4.27. The van der Waals surface area contributed by atoms with Crippen LogP contribution in [0.25, 0.3) is 10.9 Å². The number of aryl methyl sites for hydroxylation is 1. The van der Waals surface area contributed by atoms with Crippen LogP contribution in [0.15, 0.2) is 60.2 Å². The van der Waals surface area contributed by atoms with Crippen molar-refractivity contribution < 1.29 is 9.59 Å². The summed E-state index contributed by atoms with van der Waals surface area (Å²) in [5, 5.41) is 9.01. The van der Waals surface area contributed by atoms with Gasteiger partial charge in [0, 0.05) is 22.1 Å². The van der Waals surface area contributed by atoms with Gasteiger partial charge in [-0.05, 0) is 48.6 Å². The highest BCUT2D eigenvalue weighted by molar-refractivity contribution is 7.09. The van der Waals surface area contributed by atoms with Gasteiger partial charge in [-0.15, -0.1) is 11.3 Å². The lowest BCUT2D eigenvalue weighted by Crippen LogP contribution is -2.36. The van der Waals surface area contributed by atoms with Crippen molar-refractivity contribution >= 4 is 51.4 Å². The van der Waals surface area contributed by atoms with E-state index in [2.05, 4.69) is 25.6 Å². The van der Waals surface area contributed by atoms with Gasteiger partial charge in [0.1, 0.15) is 11.9 Å². The van der Waals surface area contributed by atoms with Crippen LogP contribution in [0.2, 0.25) is 0 Å². The lowest BCUT2D eigenvalue weighted by atomic mass is 10.1. The zero-order chi connectivity index (χ0) is 22.5. The van der Waals surface area contributed by atoms with Crippen LogP contribution in [0.4, 0.5) is 17.3 Å². The summed E-state index contributed by atoms with van der Waals surface area (Å²) in [6.45, 7) is 0. The maximum atomic E-state index is 12.0. The summed E-state index contributed by atoms with van der Waals surface area (Å²) >= 11 is 1.62. The summed E-state index contributed by atoms with van der Waals surface area (Å²) in [6, 6.07) is 12.6. The number of nitrogens with two attached hydrogens (primary N) is 2. The number of pyridine rings is 1.